The number of nitrogens with one attached hydrogen (secondary N) is 1. The zero-order valence-electron chi connectivity index (χ0n) is 53.9. The predicted molar refractivity (Wildman–Crippen MR) is 347 cm³/mol. The van der Waals surface area contributed by atoms with Crippen LogP contribution in [0.15, 0.2) is 48.6 Å². The van der Waals surface area contributed by atoms with E-state index in [0.29, 0.717) is 19.4 Å². The van der Waals surface area contributed by atoms with E-state index in [1.165, 1.54) is 250 Å². The van der Waals surface area contributed by atoms with Crippen LogP contribution in [0.1, 0.15) is 335 Å². The first-order chi connectivity index (χ1) is 40.7. The molecule has 1 rings (SSSR count). The summed E-state index contributed by atoms with van der Waals surface area (Å²) in [5, 5.41) is 54.2. The van der Waals surface area contributed by atoms with Gasteiger partial charge in [-0.2, -0.15) is 0 Å². The molecule has 0 aliphatic carbocycles. The number of allylic oxidation sites excluding steroid dienone is 7. The lowest BCUT2D eigenvalue weighted by Gasteiger charge is -2.40. The summed E-state index contributed by atoms with van der Waals surface area (Å²) in [6.45, 7) is 4.29. The summed E-state index contributed by atoms with van der Waals surface area (Å²) < 4.78 is 16.7. The van der Waals surface area contributed by atoms with E-state index in [4.69, 9.17) is 14.2 Å². The van der Waals surface area contributed by atoms with E-state index < -0.39 is 49.5 Å². The van der Waals surface area contributed by atoms with E-state index in [9.17, 15) is 35.1 Å². The van der Waals surface area contributed by atoms with E-state index in [1.807, 2.05) is 6.08 Å². The number of carbonyl (C=O) groups excluding carboxylic acids is 2. The van der Waals surface area contributed by atoms with Crippen molar-refractivity contribution in [3.63, 3.8) is 0 Å². The lowest BCUT2D eigenvalue weighted by molar-refractivity contribution is -0.302. The molecule has 83 heavy (non-hydrogen) atoms. The smallest absolute Gasteiger partial charge is 0.305 e. The third-order valence-corrected chi connectivity index (χ3v) is 16.6. The van der Waals surface area contributed by atoms with Gasteiger partial charge in [0, 0.05) is 12.8 Å². The van der Waals surface area contributed by atoms with Gasteiger partial charge >= 0.3 is 5.97 Å². The lowest BCUT2D eigenvalue weighted by atomic mass is 9.99. The molecule has 0 bridgehead atoms. The lowest BCUT2D eigenvalue weighted by Crippen LogP contribution is -2.60. The first kappa shape index (κ1) is 78.6. The number of hydrogen-bond acceptors (Lipinski definition) is 10. The van der Waals surface area contributed by atoms with E-state index in [-0.39, 0.29) is 18.5 Å². The van der Waals surface area contributed by atoms with Gasteiger partial charge in [0.25, 0.3) is 0 Å². The van der Waals surface area contributed by atoms with Crippen molar-refractivity contribution in [2.24, 2.45) is 0 Å². The molecule has 1 aliphatic heterocycles. The van der Waals surface area contributed by atoms with Crippen molar-refractivity contribution in [3.8, 4) is 0 Å². The molecule has 0 saturated carbocycles. The van der Waals surface area contributed by atoms with Crippen LogP contribution in [0.25, 0.3) is 0 Å². The average Bonchev–Trinajstić information content (AvgIpc) is 3.55. The molecular weight excluding hydrogens is 1040 g/mol. The highest BCUT2D eigenvalue weighted by molar-refractivity contribution is 5.76. The fraction of sp³-hybridized carbons (Fsp3) is 0.861. The predicted octanol–water partition coefficient (Wildman–Crippen LogP) is 18.0. The summed E-state index contributed by atoms with van der Waals surface area (Å²) in [5.41, 5.74) is 0. The molecule has 486 valence electrons. The Bertz CT molecular complexity index is 1520. The molecule has 7 atom stereocenters. The second-order valence-electron chi connectivity index (χ2n) is 24.6. The fourth-order valence-corrected chi connectivity index (χ4v) is 11.0. The molecule has 1 heterocycles. The van der Waals surface area contributed by atoms with Gasteiger partial charge in [-0.25, -0.2) is 0 Å². The van der Waals surface area contributed by atoms with Crippen LogP contribution in [0, 0.1) is 0 Å². The number of rotatable bonds is 62. The van der Waals surface area contributed by atoms with Crippen LogP contribution in [0.4, 0.5) is 0 Å². The Kier molecular flexibility index (Phi) is 58.0. The van der Waals surface area contributed by atoms with Crippen LogP contribution in [0.5, 0.6) is 0 Å². The van der Waals surface area contributed by atoms with E-state index in [1.54, 1.807) is 6.08 Å². The van der Waals surface area contributed by atoms with Crippen LogP contribution in [-0.4, -0.2) is 100 Å². The van der Waals surface area contributed by atoms with Crippen molar-refractivity contribution in [2.75, 3.05) is 19.8 Å². The van der Waals surface area contributed by atoms with Gasteiger partial charge in [-0.1, -0.05) is 274 Å². The summed E-state index contributed by atoms with van der Waals surface area (Å²) in [5.74, 6) is -0.189. The van der Waals surface area contributed by atoms with Crippen LogP contribution < -0.4 is 5.32 Å². The van der Waals surface area contributed by atoms with Crippen LogP contribution in [0.3, 0.4) is 0 Å². The molecule has 1 aliphatic rings. The number of aliphatic hydroxyl groups excluding tert-OH is 5. The second-order valence-corrected chi connectivity index (χ2v) is 24.6. The summed E-state index contributed by atoms with van der Waals surface area (Å²) in [6.07, 6.45) is 69.9. The van der Waals surface area contributed by atoms with Gasteiger partial charge < -0.3 is 45.1 Å². The Hall–Kier alpha value is -2.38. The van der Waals surface area contributed by atoms with Crippen molar-refractivity contribution in [2.45, 2.75) is 378 Å². The standard InChI is InChI=1S/C72H133NO10/c1-3-5-7-9-11-13-14-15-37-40-44-48-52-56-60-68(77)81-61-57-53-49-45-41-38-35-33-31-29-27-25-23-21-19-17-16-18-20-22-24-26-28-30-32-34-36-39-43-47-51-55-59-67(76)73-64(65(75)58-54-50-46-42-12-10-8-6-4-2)63-82-72-71(80)70(79)69(78)66(62-74)83-72/h12,14-15,19,21,42,54,58,64-66,69-72,74-75,78-80H,3-11,13,16-18,20,22-41,43-53,55-57,59-63H2,1-2H3,(H,73,76)/b15-14-,21-19-,42-12+,58-54+. The van der Waals surface area contributed by atoms with Crippen LogP contribution in [0.2, 0.25) is 0 Å². The fourth-order valence-electron chi connectivity index (χ4n) is 11.0. The zero-order valence-corrected chi connectivity index (χ0v) is 53.9. The SMILES string of the molecule is CCCCC/C=C/CC/C=C/C(O)C(COC1OC(CO)C(O)C(O)C1O)NC(=O)CCCCCCCCCCCCCCCCCC/C=C\CCCCCCCCCCCCCCOC(=O)CCCCCCC/C=C\CCCCCCC. The highest BCUT2D eigenvalue weighted by atomic mass is 16.7. The minimum Gasteiger partial charge on any atom is -0.466 e. The number of carbonyl (C=O) groups is 2. The third kappa shape index (κ3) is 50.3. The van der Waals surface area contributed by atoms with Gasteiger partial charge in [0.05, 0.1) is 32.0 Å². The second kappa shape index (κ2) is 61.3. The minimum absolute atomic E-state index is 0.00176. The summed E-state index contributed by atoms with van der Waals surface area (Å²) >= 11 is 0. The average molecular weight is 1170 g/mol. The number of esters is 1. The van der Waals surface area contributed by atoms with Gasteiger partial charge in [0.2, 0.25) is 5.91 Å². The Morgan fingerprint density at radius 1 is 0.434 bits per heavy atom. The molecule has 0 aromatic carbocycles. The molecule has 1 saturated heterocycles. The van der Waals surface area contributed by atoms with Gasteiger partial charge in [-0.15, -0.1) is 0 Å². The number of ether oxygens (including phenoxy) is 3. The zero-order chi connectivity index (χ0) is 60.2. The van der Waals surface area contributed by atoms with E-state index >= 15 is 0 Å². The number of aliphatic hydroxyl groups is 5. The quantitative estimate of drug-likeness (QED) is 0.0195. The van der Waals surface area contributed by atoms with Crippen molar-refractivity contribution in [1.82, 2.24) is 5.32 Å². The number of unbranched alkanes of at least 4 members (excludes halogenated alkanes) is 42. The first-order valence-electron chi connectivity index (χ1n) is 35.4. The molecule has 1 fully saturated rings. The van der Waals surface area contributed by atoms with Crippen molar-refractivity contribution < 1.29 is 49.3 Å². The molecule has 11 heteroatoms. The van der Waals surface area contributed by atoms with Crippen molar-refractivity contribution in [1.29, 1.82) is 0 Å². The van der Waals surface area contributed by atoms with Crippen LogP contribution in [-0.2, 0) is 23.8 Å². The Labute approximate surface area is 510 Å². The monoisotopic (exact) mass is 1170 g/mol. The Balaban J connectivity index is 1.91. The largest absolute Gasteiger partial charge is 0.466 e. The van der Waals surface area contributed by atoms with E-state index in [2.05, 4.69) is 55.6 Å². The molecular formula is C72H133NO10. The summed E-state index contributed by atoms with van der Waals surface area (Å²) in [7, 11) is 0. The normalized spacial score (nSPS) is 18.4. The van der Waals surface area contributed by atoms with Crippen molar-refractivity contribution >= 4 is 11.9 Å². The Morgan fingerprint density at radius 2 is 0.783 bits per heavy atom. The molecule has 7 unspecified atom stereocenters. The molecule has 0 aromatic rings. The molecule has 0 aromatic heterocycles. The molecule has 0 spiro atoms. The maximum absolute atomic E-state index is 13.0. The molecule has 0 radical (unpaired) electrons. The summed E-state index contributed by atoms with van der Waals surface area (Å²) in [6, 6.07) is -0.824. The molecule has 11 nitrogen and oxygen atoms in total. The van der Waals surface area contributed by atoms with Crippen molar-refractivity contribution in [3.05, 3.63) is 48.6 Å². The van der Waals surface area contributed by atoms with E-state index in [0.717, 1.165) is 57.8 Å². The first-order valence-corrected chi connectivity index (χ1v) is 35.4. The number of amides is 1. The van der Waals surface area contributed by atoms with Gasteiger partial charge in [0.15, 0.2) is 6.29 Å². The third-order valence-electron chi connectivity index (χ3n) is 16.6. The Morgan fingerprint density at radius 3 is 1.22 bits per heavy atom. The molecule has 6 N–H and O–H groups in total. The van der Waals surface area contributed by atoms with Gasteiger partial charge in [0.1, 0.15) is 24.4 Å². The topological polar surface area (TPSA) is 175 Å². The maximum Gasteiger partial charge on any atom is 0.305 e. The van der Waals surface area contributed by atoms with Gasteiger partial charge in [-0.05, 0) is 96.3 Å². The van der Waals surface area contributed by atoms with Crippen LogP contribution >= 0.6 is 0 Å². The highest BCUT2D eigenvalue weighted by Gasteiger charge is 2.44. The summed E-state index contributed by atoms with van der Waals surface area (Å²) in [4.78, 5) is 25.1. The highest BCUT2D eigenvalue weighted by Crippen LogP contribution is 2.23. The minimum atomic E-state index is -1.57. The number of hydrogen-bond donors (Lipinski definition) is 6. The maximum atomic E-state index is 13.0. The van der Waals surface area contributed by atoms with Gasteiger partial charge in [-0.3, -0.25) is 9.59 Å². The molecule has 1 amide bonds.